The predicted octanol–water partition coefficient (Wildman–Crippen LogP) is 0.578. The Bertz CT molecular complexity index is 385. The first-order valence-corrected chi connectivity index (χ1v) is 3.91. The molecule has 0 saturated heterocycles. The number of rotatable bonds is 1. The van der Waals surface area contributed by atoms with Crippen LogP contribution in [0.1, 0.15) is 11.1 Å². The van der Waals surface area contributed by atoms with Gasteiger partial charge in [0.2, 0.25) is 0 Å². The Balaban J connectivity index is 2.53. The molecular weight excluding hydrogens is 168 g/mol. The van der Waals surface area contributed by atoms with Gasteiger partial charge in [0.05, 0.1) is 6.54 Å². The lowest BCUT2D eigenvalue weighted by molar-refractivity contribution is -0.129. The minimum atomic E-state index is -1.00. The van der Waals surface area contributed by atoms with E-state index >= 15 is 0 Å². The topological polar surface area (TPSA) is 61.7 Å². The lowest BCUT2D eigenvalue weighted by Crippen LogP contribution is -2.26. The molecular formula is C9H8N2O2. The van der Waals surface area contributed by atoms with Gasteiger partial charge < -0.3 is 10.5 Å². The van der Waals surface area contributed by atoms with E-state index in [1.165, 1.54) is 0 Å². The van der Waals surface area contributed by atoms with E-state index in [-0.39, 0.29) is 5.71 Å². The van der Waals surface area contributed by atoms with Crippen LogP contribution in [0.5, 0.6) is 0 Å². The number of carboxylic acids is 1. The summed E-state index contributed by atoms with van der Waals surface area (Å²) in [6.07, 6.45) is 0. The Morgan fingerprint density at radius 3 is 3.00 bits per heavy atom. The van der Waals surface area contributed by atoms with Crippen LogP contribution >= 0.6 is 0 Å². The van der Waals surface area contributed by atoms with E-state index in [2.05, 4.69) is 10.5 Å². The summed E-state index contributed by atoms with van der Waals surface area (Å²) in [5.74, 6) is -1.00. The Morgan fingerprint density at radius 2 is 2.23 bits per heavy atom. The summed E-state index contributed by atoms with van der Waals surface area (Å²) >= 11 is 0. The zero-order valence-corrected chi connectivity index (χ0v) is 6.82. The van der Waals surface area contributed by atoms with Gasteiger partial charge in [0, 0.05) is 5.56 Å². The fourth-order valence-electron chi connectivity index (χ4n) is 1.33. The summed E-state index contributed by atoms with van der Waals surface area (Å²) in [6.45, 7) is 0.590. The molecule has 0 fully saturated rings. The summed E-state index contributed by atoms with van der Waals surface area (Å²) in [5.41, 5.74) is 4.43. The molecule has 0 unspecified atom stereocenters. The second kappa shape index (κ2) is 2.90. The van der Waals surface area contributed by atoms with Crippen LogP contribution in [0.25, 0.3) is 0 Å². The summed E-state index contributed by atoms with van der Waals surface area (Å²) < 4.78 is 0. The van der Waals surface area contributed by atoms with Crippen molar-refractivity contribution in [3.63, 3.8) is 0 Å². The molecule has 0 amide bonds. The summed E-state index contributed by atoms with van der Waals surface area (Å²) in [5, 5.41) is 12.6. The third-order valence-electron chi connectivity index (χ3n) is 1.94. The van der Waals surface area contributed by atoms with Crippen molar-refractivity contribution in [3.8, 4) is 0 Å². The SMILES string of the molecule is O=C(O)C1=NNCc2ccccc21. The van der Waals surface area contributed by atoms with E-state index in [1.54, 1.807) is 6.07 Å². The maximum Gasteiger partial charge on any atom is 0.356 e. The van der Waals surface area contributed by atoms with Gasteiger partial charge in [0.15, 0.2) is 5.71 Å². The average Bonchev–Trinajstić information content (AvgIpc) is 2.17. The molecule has 1 aliphatic heterocycles. The van der Waals surface area contributed by atoms with Crippen molar-refractivity contribution in [3.05, 3.63) is 35.4 Å². The number of nitrogens with zero attached hydrogens (tertiary/aromatic N) is 1. The summed E-state index contributed by atoms with van der Waals surface area (Å²) in [4.78, 5) is 10.7. The molecule has 1 aromatic carbocycles. The standard InChI is InChI=1S/C9H8N2O2/c12-9(13)8-7-4-2-1-3-6(7)5-10-11-8/h1-4,10H,5H2,(H,12,13). The van der Waals surface area contributed by atoms with Crippen molar-refractivity contribution in [2.24, 2.45) is 5.10 Å². The number of benzene rings is 1. The van der Waals surface area contributed by atoms with Gasteiger partial charge >= 0.3 is 5.97 Å². The monoisotopic (exact) mass is 176 g/mol. The number of nitrogens with one attached hydrogen (secondary N) is 1. The van der Waals surface area contributed by atoms with Gasteiger partial charge in [0.1, 0.15) is 0 Å². The van der Waals surface area contributed by atoms with E-state index in [9.17, 15) is 4.79 Å². The lowest BCUT2D eigenvalue weighted by Gasteiger charge is -2.14. The Hall–Kier alpha value is -1.84. The molecule has 1 aromatic rings. The molecule has 2 N–H and O–H groups in total. The second-order valence-corrected chi connectivity index (χ2v) is 2.76. The minimum absolute atomic E-state index is 0.0850. The second-order valence-electron chi connectivity index (χ2n) is 2.76. The number of carboxylic acid groups (broad SMARTS) is 1. The quantitative estimate of drug-likeness (QED) is 0.657. The maximum atomic E-state index is 10.7. The molecule has 0 aliphatic carbocycles. The third-order valence-corrected chi connectivity index (χ3v) is 1.94. The highest BCUT2D eigenvalue weighted by atomic mass is 16.4. The van der Waals surface area contributed by atoms with Crippen LogP contribution in [-0.4, -0.2) is 16.8 Å². The molecule has 4 heteroatoms. The third kappa shape index (κ3) is 1.26. The molecule has 2 rings (SSSR count). The van der Waals surface area contributed by atoms with Crippen molar-refractivity contribution in [1.82, 2.24) is 5.43 Å². The molecule has 13 heavy (non-hydrogen) atoms. The van der Waals surface area contributed by atoms with E-state index in [4.69, 9.17) is 5.11 Å². The average molecular weight is 176 g/mol. The van der Waals surface area contributed by atoms with Gasteiger partial charge in [-0.25, -0.2) is 4.79 Å². The van der Waals surface area contributed by atoms with E-state index in [0.29, 0.717) is 12.1 Å². The molecule has 1 aliphatic rings. The highest BCUT2D eigenvalue weighted by Gasteiger charge is 2.18. The molecule has 0 aromatic heterocycles. The van der Waals surface area contributed by atoms with E-state index in [1.807, 2.05) is 18.2 Å². The maximum absolute atomic E-state index is 10.7. The fourth-order valence-corrected chi connectivity index (χ4v) is 1.33. The van der Waals surface area contributed by atoms with Gasteiger partial charge in [0.25, 0.3) is 0 Å². The Morgan fingerprint density at radius 1 is 1.46 bits per heavy atom. The highest BCUT2D eigenvalue weighted by Crippen LogP contribution is 2.13. The van der Waals surface area contributed by atoms with Crippen molar-refractivity contribution in [1.29, 1.82) is 0 Å². The van der Waals surface area contributed by atoms with Gasteiger partial charge in [-0.2, -0.15) is 5.10 Å². The summed E-state index contributed by atoms with van der Waals surface area (Å²) in [7, 11) is 0. The number of fused-ring (bicyclic) bond motifs is 1. The summed E-state index contributed by atoms with van der Waals surface area (Å²) in [6, 6.07) is 7.34. The van der Waals surface area contributed by atoms with Crippen molar-refractivity contribution in [2.45, 2.75) is 6.54 Å². The van der Waals surface area contributed by atoms with Crippen LogP contribution < -0.4 is 5.43 Å². The zero-order chi connectivity index (χ0) is 9.26. The number of aliphatic carboxylic acids is 1. The van der Waals surface area contributed by atoms with Gasteiger partial charge in [-0.15, -0.1) is 0 Å². The van der Waals surface area contributed by atoms with Crippen LogP contribution in [0, 0.1) is 0 Å². The van der Waals surface area contributed by atoms with Gasteiger partial charge in [-0.1, -0.05) is 24.3 Å². The molecule has 4 nitrogen and oxygen atoms in total. The zero-order valence-electron chi connectivity index (χ0n) is 6.82. The number of hydrogen-bond donors (Lipinski definition) is 2. The molecule has 0 atom stereocenters. The van der Waals surface area contributed by atoms with Crippen LogP contribution in [0.2, 0.25) is 0 Å². The van der Waals surface area contributed by atoms with Crippen molar-refractivity contribution in [2.75, 3.05) is 0 Å². The number of hydrogen-bond acceptors (Lipinski definition) is 3. The molecule has 0 saturated carbocycles. The predicted molar refractivity (Wildman–Crippen MR) is 47.5 cm³/mol. The van der Waals surface area contributed by atoms with Crippen molar-refractivity contribution >= 4 is 11.7 Å². The first kappa shape index (κ1) is 7.79. The smallest absolute Gasteiger partial charge is 0.356 e. The van der Waals surface area contributed by atoms with Gasteiger partial charge in [-0.3, -0.25) is 0 Å². The Kier molecular flexibility index (Phi) is 1.73. The Labute approximate surface area is 74.9 Å². The normalized spacial score (nSPS) is 14.0. The molecule has 0 radical (unpaired) electrons. The first-order valence-electron chi connectivity index (χ1n) is 3.91. The minimum Gasteiger partial charge on any atom is -0.476 e. The molecule has 0 spiro atoms. The molecule has 66 valence electrons. The largest absolute Gasteiger partial charge is 0.476 e. The van der Waals surface area contributed by atoms with Crippen LogP contribution in [-0.2, 0) is 11.3 Å². The van der Waals surface area contributed by atoms with Crippen LogP contribution in [0.4, 0.5) is 0 Å². The number of hydrazone groups is 1. The lowest BCUT2D eigenvalue weighted by atomic mass is 10.0. The van der Waals surface area contributed by atoms with Gasteiger partial charge in [-0.05, 0) is 5.56 Å². The van der Waals surface area contributed by atoms with Crippen LogP contribution in [0.15, 0.2) is 29.4 Å². The molecule has 1 heterocycles. The van der Waals surface area contributed by atoms with Crippen molar-refractivity contribution < 1.29 is 9.90 Å². The first-order chi connectivity index (χ1) is 6.29. The van der Waals surface area contributed by atoms with E-state index < -0.39 is 5.97 Å². The van der Waals surface area contributed by atoms with E-state index in [0.717, 1.165) is 5.56 Å². The van der Waals surface area contributed by atoms with Crippen LogP contribution in [0.3, 0.4) is 0 Å². The highest BCUT2D eigenvalue weighted by molar-refractivity contribution is 6.43. The molecule has 0 bridgehead atoms. The number of carbonyl (C=O) groups is 1. The fraction of sp³-hybridized carbons (Fsp3) is 0.111.